The minimum absolute atomic E-state index is 0.0495. The zero-order valence-electron chi connectivity index (χ0n) is 15.8. The Morgan fingerprint density at radius 2 is 1.79 bits per heavy atom. The fourth-order valence-electron chi connectivity index (χ4n) is 2.55. The van der Waals surface area contributed by atoms with Crippen LogP contribution in [0.3, 0.4) is 0 Å². The highest BCUT2D eigenvalue weighted by Gasteiger charge is 2.51. The molecule has 6 heteroatoms. The van der Waals surface area contributed by atoms with Gasteiger partial charge in [0.25, 0.3) is 5.91 Å². The summed E-state index contributed by atoms with van der Waals surface area (Å²) in [7, 11) is 1.37. The van der Waals surface area contributed by atoms with E-state index in [9.17, 15) is 4.79 Å². The molecule has 2 rings (SSSR count). The number of carbonyl (C=O) groups excluding carboxylic acids is 1. The van der Waals surface area contributed by atoms with Crippen molar-refractivity contribution in [1.82, 2.24) is 9.88 Å². The zero-order valence-corrected chi connectivity index (χ0v) is 15.8. The van der Waals surface area contributed by atoms with E-state index in [4.69, 9.17) is 9.31 Å². The summed E-state index contributed by atoms with van der Waals surface area (Å²) >= 11 is 0. The fraction of sp³-hybridized carbons (Fsp3) is 0.667. The van der Waals surface area contributed by atoms with Gasteiger partial charge in [0.15, 0.2) is 0 Å². The van der Waals surface area contributed by atoms with Gasteiger partial charge in [-0.15, -0.1) is 0 Å². The zero-order chi connectivity index (χ0) is 18.0. The average molecular weight is 332 g/mol. The molecule has 0 unspecified atom stereocenters. The van der Waals surface area contributed by atoms with Crippen LogP contribution in [0.5, 0.6) is 0 Å². The molecule has 132 valence electrons. The second-order valence-electron chi connectivity index (χ2n) is 7.50. The molecule has 1 aromatic heterocycles. The van der Waals surface area contributed by atoms with Gasteiger partial charge in [0.1, 0.15) is 5.69 Å². The van der Waals surface area contributed by atoms with Crippen LogP contribution in [0.1, 0.15) is 64.4 Å². The van der Waals surface area contributed by atoms with E-state index in [0.717, 1.165) is 31.3 Å². The maximum absolute atomic E-state index is 12.4. The molecular formula is C18H29BN2O3. The smallest absolute Gasteiger partial charge is 0.399 e. The lowest BCUT2D eigenvalue weighted by molar-refractivity contribution is 0.00578. The van der Waals surface area contributed by atoms with Crippen LogP contribution in [0.15, 0.2) is 18.3 Å². The van der Waals surface area contributed by atoms with E-state index in [-0.39, 0.29) is 17.1 Å². The largest absolute Gasteiger partial charge is 0.496 e. The highest BCUT2D eigenvalue weighted by molar-refractivity contribution is 6.62. The third-order valence-electron chi connectivity index (χ3n) is 4.97. The molecule has 0 aliphatic carbocycles. The second-order valence-corrected chi connectivity index (χ2v) is 7.50. The van der Waals surface area contributed by atoms with Crippen molar-refractivity contribution in [2.45, 2.75) is 65.1 Å². The quantitative estimate of drug-likeness (QED) is 0.594. The number of unbranched alkanes of at least 4 members (excludes halogenated alkanes) is 2. The standard InChI is InChI=1S/C18H29BN2O3/c1-7-8-9-12-21(6)16(22)15-11-10-14(13-20-15)19-23-17(2,3)18(4,5)24-19/h10-11,13H,7-9,12H2,1-6H3. The lowest BCUT2D eigenvalue weighted by atomic mass is 9.80. The number of nitrogens with zero attached hydrogens (tertiary/aromatic N) is 2. The number of carbonyl (C=O) groups is 1. The Labute approximate surface area is 145 Å². The maximum atomic E-state index is 12.4. The van der Waals surface area contributed by atoms with Gasteiger partial charge in [0, 0.05) is 25.3 Å². The van der Waals surface area contributed by atoms with Crippen molar-refractivity contribution in [3.05, 3.63) is 24.0 Å². The molecule has 1 fully saturated rings. The molecule has 5 nitrogen and oxygen atoms in total. The molecule has 1 aliphatic heterocycles. The molecular weight excluding hydrogens is 303 g/mol. The van der Waals surface area contributed by atoms with E-state index in [1.807, 2.05) is 40.8 Å². The Balaban J connectivity index is 2.02. The van der Waals surface area contributed by atoms with E-state index in [1.165, 1.54) is 0 Å². The Kier molecular flexibility index (Phi) is 5.71. The Bertz CT molecular complexity index is 556. The molecule has 0 spiro atoms. The summed E-state index contributed by atoms with van der Waals surface area (Å²) < 4.78 is 12.0. The number of pyridine rings is 1. The van der Waals surface area contributed by atoms with Crippen LogP contribution in [0, 0.1) is 0 Å². The first-order valence-corrected chi connectivity index (χ1v) is 8.75. The predicted molar refractivity (Wildman–Crippen MR) is 96.4 cm³/mol. The average Bonchev–Trinajstić information content (AvgIpc) is 2.75. The van der Waals surface area contributed by atoms with E-state index >= 15 is 0 Å². The highest BCUT2D eigenvalue weighted by atomic mass is 16.7. The third-order valence-corrected chi connectivity index (χ3v) is 4.97. The first-order valence-electron chi connectivity index (χ1n) is 8.75. The van der Waals surface area contributed by atoms with Gasteiger partial charge in [-0.1, -0.05) is 25.8 Å². The summed E-state index contributed by atoms with van der Waals surface area (Å²) in [4.78, 5) is 18.4. The van der Waals surface area contributed by atoms with Gasteiger partial charge >= 0.3 is 7.12 Å². The van der Waals surface area contributed by atoms with E-state index in [0.29, 0.717) is 5.69 Å². The summed E-state index contributed by atoms with van der Waals surface area (Å²) in [6.45, 7) is 11.0. The molecule has 0 saturated carbocycles. The van der Waals surface area contributed by atoms with E-state index in [1.54, 1.807) is 17.2 Å². The molecule has 0 atom stereocenters. The molecule has 2 heterocycles. The van der Waals surface area contributed by atoms with Gasteiger partial charge in [0.05, 0.1) is 11.2 Å². The van der Waals surface area contributed by atoms with Crippen molar-refractivity contribution in [1.29, 1.82) is 0 Å². The molecule has 1 amide bonds. The van der Waals surface area contributed by atoms with Crippen molar-refractivity contribution >= 4 is 18.5 Å². The molecule has 1 aliphatic rings. The van der Waals surface area contributed by atoms with E-state index < -0.39 is 7.12 Å². The van der Waals surface area contributed by atoms with Crippen molar-refractivity contribution in [3.8, 4) is 0 Å². The monoisotopic (exact) mass is 332 g/mol. The van der Waals surface area contributed by atoms with Gasteiger partial charge in [-0.25, -0.2) is 0 Å². The lowest BCUT2D eigenvalue weighted by Crippen LogP contribution is -2.41. The Hall–Kier alpha value is -1.40. The van der Waals surface area contributed by atoms with Gasteiger partial charge in [-0.05, 0) is 40.2 Å². The van der Waals surface area contributed by atoms with Gasteiger partial charge in [-0.2, -0.15) is 0 Å². The Morgan fingerprint density at radius 1 is 1.17 bits per heavy atom. The molecule has 0 bridgehead atoms. The highest BCUT2D eigenvalue weighted by Crippen LogP contribution is 2.36. The normalized spacial score (nSPS) is 18.7. The van der Waals surface area contributed by atoms with Crippen LogP contribution in [0.2, 0.25) is 0 Å². The van der Waals surface area contributed by atoms with Gasteiger partial charge in [-0.3, -0.25) is 9.78 Å². The summed E-state index contributed by atoms with van der Waals surface area (Å²) in [5, 5.41) is 0. The van der Waals surface area contributed by atoms with Crippen LogP contribution in [-0.4, -0.2) is 47.7 Å². The predicted octanol–water partition coefficient (Wildman–Crippen LogP) is 2.64. The molecule has 0 aromatic carbocycles. The van der Waals surface area contributed by atoms with Crippen LogP contribution >= 0.6 is 0 Å². The molecule has 0 radical (unpaired) electrons. The summed E-state index contributed by atoms with van der Waals surface area (Å²) in [6, 6.07) is 3.61. The van der Waals surface area contributed by atoms with Crippen molar-refractivity contribution in [3.63, 3.8) is 0 Å². The second kappa shape index (κ2) is 7.24. The third kappa shape index (κ3) is 3.98. The number of hydrogen-bond acceptors (Lipinski definition) is 4. The van der Waals surface area contributed by atoms with E-state index in [2.05, 4.69) is 11.9 Å². The number of hydrogen-bond donors (Lipinski definition) is 0. The van der Waals surface area contributed by atoms with Crippen molar-refractivity contribution in [2.75, 3.05) is 13.6 Å². The topological polar surface area (TPSA) is 51.7 Å². The fourth-order valence-corrected chi connectivity index (χ4v) is 2.55. The minimum atomic E-state index is -0.450. The van der Waals surface area contributed by atoms with Gasteiger partial charge < -0.3 is 14.2 Å². The van der Waals surface area contributed by atoms with Crippen LogP contribution in [0.4, 0.5) is 0 Å². The van der Waals surface area contributed by atoms with Crippen molar-refractivity contribution < 1.29 is 14.1 Å². The Morgan fingerprint density at radius 3 is 2.29 bits per heavy atom. The van der Waals surface area contributed by atoms with Crippen LogP contribution < -0.4 is 5.46 Å². The summed E-state index contributed by atoms with van der Waals surface area (Å²) in [6.07, 6.45) is 4.97. The van der Waals surface area contributed by atoms with Crippen molar-refractivity contribution in [2.24, 2.45) is 0 Å². The summed E-state index contributed by atoms with van der Waals surface area (Å²) in [5.74, 6) is -0.0495. The molecule has 24 heavy (non-hydrogen) atoms. The SMILES string of the molecule is CCCCCN(C)C(=O)c1ccc(B2OC(C)(C)C(C)(C)O2)cn1. The maximum Gasteiger partial charge on any atom is 0.496 e. The number of aromatic nitrogens is 1. The first kappa shape index (κ1) is 18.9. The van der Waals surface area contributed by atoms with Gasteiger partial charge in [0.2, 0.25) is 0 Å². The molecule has 1 saturated heterocycles. The summed E-state index contributed by atoms with van der Waals surface area (Å²) in [5.41, 5.74) is 0.519. The molecule has 0 N–H and O–H groups in total. The van der Waals surface area contributed by atoms with Crippen LogP contribution in [-0.2, 0) is 9.31 Å². The number of amides is 1. The van der Waals surface area contributed by atoms with Crippen LogP contribution in [0.25, 0.3) is 0 Å². The number of rotatable bonds is 6. The lowest BCUT2D eigenvalue weighted by Gasteiger charge is -2.32. The first-order chi connectivity index (χ1) is 11.2. The minimum Gasteiger partial charge on any atom is -0.399 e. The molecule has 1 aromatic rings.